The minimum Gasteiger partial charge on any atom is -0.494 e. The molecule has 1 atom stereocenters. The van der Waals surface area contributed by atoms with Crippen molar-refractivity contribution in [3.05, 3.63) is 48.3 Å². The standard InChI is InChI=1S/C18H21N3O4S/c1-12(13-7-8-13)20-18(22)14-5-3-4-6-17(14)26(23,24)21-15-11-19-10-9-16(15)25-2/h3-6,9-13,21H,7-8H2,1-2H3,(H,20,22). The summed E-state index contributed by atoms with van der Waals surface area (Å²) < 4.78 is 33.3. The first kappa shape index (κ1) is 18.2. The van der Waals surface area contributed by atoms with Gasteiger partial charge in [0.05, 0.1) is 18.9 Å². The van der Waals surface area contributed by atoms with Crippen LogP contribution in [0.5, 0.6) is 5.75 Å². The van der Waals surface area contributed by atoms with Crippen molar-refractivity contribution < 1.29 is 17.9 Å². The molecule has 2 N–H and O–H groups in total. The fraction of sp³-hybridized carbons (Fsp3) is 0.333. The molecule has 1 saturated carbocycles. The Bertz CT molecular complexity index is 910. The lowest BCUT2D eigenvalue weighted by molar-refractivity contribution is 0.0932. The molecule has 1 fully saturated rings. The second kappa shape index (κ2) is 7.33. The molecule has 0 radical (unpaired) electrons. The number of hydrogen-bond acceptors (Lipinski definition) is 5. The first-order valence-electron chi connectivity index (χ1n) is 8.33. The first-order chi connectivity index (χ1) is 12.4. The van der Waals surface area contributed by atoms with Crippen molar-refractivity contribution in [3.63, 3.8) is 0 Å². The number of rotatable bonds is 7. The summed E-state index contributed by atoms with van der Waals surface area (Å²) in [5.41, 5.74) is 0.312. The monoisotopic (exact) mass is 375 g/mol. The van der Waals surface area contributed by atoms with E-state index in [0.717, 1.165) is 12.8 Å². The molecule has 0 spiro atoms. The van der Waals surface area contributed by atoms with Crippen LogP contribution in [0.2, 0.25) is 0 Å². The third-order valence-corrected chi connectivity index (χ3v) is 5.78. The number of ether oxygens (including phenoxy) is 1. The van der Waals surface area contributed by atoms with Gasteiger partial charge in [-0.2, -0.15) is 0 Å². The van der Waals surface area contributed by atoms with Crippen molar-refractivity contribution in [1.82, 2.24) is 10.3 Å². The number of hydrogen-bond donors (Lipinski definition) is 2. The van der Waals surface area contributed by atoms with Gasteiger partial charge in [-0.3, -0.25) is 14.5 Å². The number of anilines is 1. The van der Waals surface area contributed by atoms with E-state index in [-0.39, 0.29) is 22.2 Å². The van der Waals surface area contributed by atoms with Crippen LogP contribution in [-0.2, 0) is 10.0 Å². The van der Waals surface area contributed by atoms with Crippen LogP contribution in [0.1, 0.15) is 30.1 Å². The predicted octanol–water partition coefficient (Wildman–Crippen LogP) is 2.42. The van der Waals surface area contributed by atoms with Crippen molar-refractivity contribution in [2.24, 2.45) is 5.92 Å². The number of aromatic nitrogens is 1. The van der Waals surface area contributed by atoms with E-state index in [1.54, 1.807) is 18.2 Å². The Morgan fingerprint density at radius 2 is 2.00 bits per heavy atom. The number of methoxy groups -OCH3 is 1. The van der Waals surface area contributed by atoms with Crippen LogP contribution in [0.3, 0.4) is 0 Å². The van der Waals surface area contributed by atoms with Gasteiger partial charge in [0.15, 0.2) is 0 Å². The molecule has 2 aromatic rings. The molecule has 1 aromatic heterocycles. The highest BCUT2D eigenvalue weighted by molar-refractivity contribution is 7.92. The molecule has 1 aromatic carbocycles. The zero-order valence-corrected chi connectivity index (χ0v) is 15.4. The van der Waals surface area contributed by atoms with E-state index in [1.165, 1.54) is 31.6 Å². The van der Waals surface area contributed by atoms with Crippen LogP contribution in [0.25, 0.3) is 0 Å². The topological polar surface area (TPSA) is 97.4 Å². The highest BCUT2D eigenvalue weighted by atomic mass is 32.2. The average Bonchev–Trinajstić information content (AvgIpc) is 3.47. The SMILES string of the molecule is COc1ccncc1NS(=O)(=O)c1ccccc1C(=O)NC(C)C1CC1. The number of sulfonamides is 1. The number of pyridine rings is 1. The number of amides is 1. The van der Waals surface area contributed by atoms with E-state index < -0.39 is 15.9 Å². The molecule has 1 unspecified atom stereocenters. The summed E-state index contributed by atoms with van der Waals surface area (Å²) in [5, 5.41) is 2.89. The summed E-state index contributed by atoms with van der Waals surface area (Å²) in [4.78, 5) is 16.4. The Morgan fingerprint density at radius 3 is 2.69 bits per heavy atom. The van der Waals surface area contributed by atoms with E-state index in [4.69, 9.17) is 4.74 Å². The summed E-state index contributed by atoms with van der Waals surface area (Å²) in [5.74, 6) is 0.414. The van der Waals surface area contributed by atoms with Crippen LogP contribution in [0, 0.1) is 5.92 Å². The van der Waals surface area contributed by atoms with Gasteiger partial charge in [0.25, 0.3) is 15.9 Å². The Kier molecular flexibility index (Phi) is 5.13. The van der Waals surface area contributed by atoms with E-state index in [1.807, 2.05) is 6.92 Å². The lowest BCUT2D eigenvalue weighted by Crippen LogP contribution is -2.35. The Morgan fingerprint density at radius 1 is 1.27 bits per heavy atom. The maximum absolute atomic E-state index is 12.9. The number of nitrogens with one attached hydrogen (secondary N) is 2. The molecule has 1 aliphatic rings. The van der Waals surface area contributed by atoms with Gasteiger partial charge in [-0.1, -0.05) is 12.1 Å². The maximum atomic E-state index is 12.9. The summed E-state index contributed by atoms with van der Waals surface area (Å²) >= 11 is 0. The zero-order chi connectivity index (χ0) is 18.7. The maximum Gasteiger partial charge on any atom is 0.262 e. The van der Waals surface area contributed by atoms with E-state index in [9.17, 15) is 13.2 Å². The van der Waals surface area contributed by atoms with Gasteiger partial charge in [-0.25, -0.2) is 8.42 Å². The van der Waals surface area contributed by atoms with Gasteiger partial charge < -0.3 is 10.1 Å². The lowest BCUT2D eigenvalue weighted by atomic mass is 10.1. The molecule has 138 valence electrons. The van der Waals surface area contributed by atoms with Gasteiger partial charge in [-0.15, -0.1) is 0 Å². The van der Waals surface area contributed by atoms with Gasteiger partial charge in [-0.05, 0) is 37.8 Å². The van der Waals surface area contributed by atoms with Gasteiger partial charge in [0.2, 0.25) is 0 Å². The van der Waals surface area contributed by atoms with E-state index in [0.29, 0.717) is 11.7 Å². The van der Waals surface area contributed by atoms with Crippen molar-refractivity contribution >= 4 is 21.6 Å². The molecule has 1 heterocycles. The third-order valence-electron chi connectivity index (χ3n) is 4.35. The number of benzene rings is 1. The van der Waals surface area contributed by atoms with Crippen molar-refractivity contribution in [3.8, 4) is 5.75 Å². The van der Waals surface area contributed by atoms with Crippen LogP contribution < -0.4 is 14.8 Å². The molecule has 8 heteroatoms. The summed E-state index contributed by atoms with van der Waals surface area (Å²) in [6.07, 6.45) is 5.03. The van der Waals surface area contributed by atoms with Crippen molar-refractivity contribution in [2.75, 3.05) is 11.8 Å². The zero-order valence-electron chi connectivity index (χ0n) is 14.6. The average molecular weight is 375 g/mol. The fourth-order valence-corrected chi connectivity index (χ4v) is 3.98. The molecule has 26 heavy (non-hydrogen) atoms. The van der Waals surface area contributed by atoms with Crippen molar-refractivity contribution in [1.29, 1.82) is 0 Å². The lowest BCUT2D eigenvalue weighted by Gasteiger charge is -2.16. The van der Waals surface area contributed by atoms with E-state index >= 15 is 0 Å². The number of carbonyl (C=O) groups is 1. The largest absolute Gasteiger partial charge is 0.494 e. The Labute approximate surface area is 152 Å². The first-order valence-corrected chi connectivity index (χ1v) is 9.81. The predicted molar refractivity (Wildman–Crippen MR) is 97.7 cm³/mol. The van der Waals surface area contributed by atoms with Crippen LogP contribution >= 0.6 is 0 Å². The minimum absolute atomic E-state index is 0.0182. The second-order valence-corrected chi connectivity index (χ2v) is 7.93. The molecular weight excluding hydrogens is 354 g/mol. The number of nitrogens with zero attached hydrogens (tertiary/aromatic N) is 1. The molecular formula is C18H21N3O4S. The van der Waals surface area contributed by atoms with Crippen molar-refractivity contribution in [2.45, 2.75) is 30.7 Å². The van der Waals surface area contributed by atoms with Crippen LogP contribution in [0.15, 0.2) is 47.6 Å². The normalized spacial score (nSPS) is 15.2. The Hall–Kier alpha value is -2.61. The van der Waals surface area contributed by atoms with Crippen LogP contribution in [0.4, 0.5) is 5.69 Å². The molecule has 1 amide bonds. The minimum atomic E-state index is -3.99. The molecule has 3 rings (SSSR count). The summed E-state index contributed by atoms with van der Waals surface area (Å²) in [6, 6.07) is 7.69. The number of carbonyl (C=O) groups excluding carboxylic acids is 1. The molecule has 0 saturated heterocycles. The van der Waals surface area contributed by atoms with Gasteiger partial charge in [0, 0.05) is 18.3 Å². The van der Waals surface area contributed by atoms with Gasteiger partial charge >= 0.3 is 0 Å². The fourth-order valence-electron chi connectivity index (χ4n) is 2.72. The highest BCUT2D eigenvalue weighted by Crippen LogP contribution is 2.32. The van der Waals surface area contributed by atoms with E-state index in [2.05, 4.69) is 15.0 Å². The van der Waals surface area contributed by atoms with Gasteiger partial charge in [0.1, 0.15) is 16.3 Å². The quantitative estimate of drug-likeness (QED) is 0.775. The summed E-state index contributed by atoms with van der Waals surface area (Å²) in [7, 11) is -2.55. The second-order valence-electron chi connectivity index (χ2n) is 6.28. The third kappa shape index (κ3) is 3.96. The van der Waals surface area contributed by atoms with Crippen LogP contribution in [-0.4, -0.2) is 32.5 Å². The molecule has 0 bridgehead atoms. The Balaban J connectivity index is 1.89. The molecule has 7 nitrogen and oxygen atoms in total. The highest BCUT2D eigenvalue weighted by Gasteiger charge is 2.30. The molecule has 0 aliphatic heterocycles. The smallest absolute Gasteiger partial charge is 0.262 e. The summed E-state index contributed by atoms with van der Waals surface area (Å²) in [6.45, 7) is 1.94. The molecule has 1 aliphatic carbocycles.